The molecule has 8 nitrogen and oxygen atoms in total. The van der Waals surface area contributed by atoms with Crippen LogP contribution in [-0.2, 0) is 24.3 Å². The number of piperazine rings is 1. The van der Waals surface area contributed by atoms with E-state index in [4.69, 9.17) is 20.4 Å². The minimum Gasteiger partial charge on any atom is -0.399 e. The van der Waals surface area contributed by atoms with Crippen LogP contribution in [0.3, 0.4) is 0 Å². The van der Waals surface area contributed by atoms with Crippen LogP contribution in [0, 0.1) is 5.82 Å². The molecule has 0 saturated carbocycles. The molecule has 1 saturated heterocycles. The van der Waals surface area contributed by atoms with Crippen LogP contribution in [0.15, 0.2) is 54.7 Å². The number of nitrogens with zero attached hydrogens (tertiary/aromatic N) is 5. The second-order valence-electron chi connectivity index (χ2n) is 12.2. The van der Waals surface area contributed by atoms with Crippen molar-refractivity contribution >= 4 is 42.1 Å². The molecular formula is C31H42FN7OSi. The van der Waals surface area contributed by atoms with E-state index in [-0.39, 0.29) is 5.82 Å². The number of fused-ring (bicyclic) bond motifs is 1. The maximum absolute atomic E-state index is 15.2. The molecule has 4 aromatic rings. The van der Waals surface area contributed by atoms with E-state index < -0.39 is 8.07 Å². The zero-order valence-electron chi connectivity index (χ0n) is 24.7. The predicted molar refractivity (Wildman–Crippen MR) is 169 cm³/mol. The third kappa shape index (κ3) is 7.63. The number of hydrogen-bond donors (Lipinski definition) is 2. The molecule has 3 N–H and O–H groups in total. The van der Waals surface area contributed by atoms with Gasteiger partial charge in [-0.25, -0.2) is 9.37 Å². The number of aromatic nitrogens is 3. The molecule has 1 aliphatic rings. The minimum atomic E-state index is -1.18. The average Bonchev–Trinajstić information content (AvgIpc) is 3.33. The van der Waals surface area contributed by atoms with Crippen LogP contribution >= 0.6 is 0 Å². The summed E-state index contributed by atoms with van der Waals surface area (Å²) >= 11 is 0. The van der Waals surface area contributed by atoms with Crippen LogP contribution in [0.1, 0.15) is 11.3 Å². The van der Waals surface area contributed by atoms with Crippen LogP contribution in [0.4, 0.5) is 27.4 Å². The first kappa shape index (κ1) is 29.0. The summed E-state index contributed by atoms with van der Waals surface area (Å²) < 4.78 is 23.3. The van der Waals surface area contributed by atoms with Crippen LogP contribution in [-0.4, -0.2) is 67.3 Å². The first-order valence-corrected chi connectivity index (χ1v) is 18.1. The number of rotatable bonds is 11. The number of ether oxygens (including phenoxy) is 1. The van der Waals surface area contributed by atoms with Gasteiger partial charge in [0.1, 0.15) is 18.2 Å². The van der Waals surface area contributed by atoms with Gasteiger partial charge >= 0.3 is 0 Å². The molecule has 0 aliphatic carbocycles. The Hall–Kier alpha value is -3.47. The Kier molecular flexibility index (Phi) is 8.91. The summed E-state index contributed by atoms with van der Waals surface area (Å²) in [5.74, 6) is 0.190. The molecule has 0 unspecified atom stereocenters. The van der Waals surface area contributed by atoms with Gasteiger partial charge in [-0.3, -0.25) is 0 Å². The molecule has 3 heterocycles. The quantitative estimate of drug-likeness (QED) is 0.134. The van der Waals surface area contributed by atoms with Gasteiger partial charge in [-0.05, 0) is 67.9 Å². The van der Waals surface area contributed by atoms with Crippen molar-refractivity contribution in [2.24, 2.45) is 0 Å². The first-order valence-electron chi connectivity index (χ1n) is 14.4. The van der Waals surface area contributed by atoms with Crippen LogP contribution in [0.25, 0.3) is 11.0 Å². The number of nitrogens with one attached hydrogen (secondary N) is 1. The second kappa shape index (κ2) is 12.6. The molecular weight excluding hydrogens is 533 g/mol. The van der Waals surface area contributed by atoms with Gasteiger partial charge in [-0.2, -0.15) is 4.98 Å². The van der Waals surface area contributed by atoms with Gasteiger partial charge in [0.05, 0.1) is 11.4 Å². The number of hydrogen-bond acceptors (Lipinski definition) is 7. The standard InChI is InChI=1S/C31H42FN7OSi/c1-37-14-16-38(17-15-37)29-11-9-25(21-27(29)32)34-31-35-28(10-8-23-6-5-7-24(33)20-23)26-12-13-39(30(26)36-31)22-40-18-19-41(2,3)4/h5-7,9,11-13,20-21H,8,10,14-19,22,33H2,1-4H3,(H,34,35,36). The van der Waals surface area contributed by atoms with Gasteiger partial charge in [0.15, 0.2) is 0 Å². The van der Waals surface area contributed by atoms with E-state index in [1.807, 2.05) is 41.1 Å². The largest absolute Gasteiger partial charge is 0.399 e. The zero-order valence-corrected chi connectivity index (χ0v) is 25.7. The lowest BCUT2D eigenvalue weighted by atomic mass is 10.1. The molecule has 1 aliphatic heterocycles. The Morgan fingerprint density at radius 3 is 2.54 bits per heavy atom. The summed E-state index contributed by atoms with van der Waals surface area (Å²) in [6.45, 7) is 11.7. The predicted octanol–water partition coefficient (Wildman–Crippen LogP) is 5.75. The van der Waals surface area contributed by atoms with Gasteiger partial charge in [-0.1, -0.05) is 31.8 Å². The van der Waals surface area contributed by atoms with E-state index in [1.165, 1.54) is 6.07 Å². The SMILES string of the molecule is CN1CCN(c2ccc(Nc3nc(CCc4cccc(N)c4)c4ccn(COCC[Si](C)(C)C)c4n3)cc2F)CC1. The summed E-state index contributed by atoms with van der Waals surface area (Å²) in [6, 6.07) is 16.4. The van der Waals surface area contributed by atoms with Gasteiger partial charge in [0.25, 0.3) is 0 Å². The topological polar surface area (TPSA) is 84.5 Å². The molecule has 218 valence electrons. The highest BCUT2D eigenvalue weighted by molar-refractivity contribution is 6.76. The van der Waals surface area contributed by atoms with Crippen molar-refractivity contribution in [2.45, 2.75) is 45.3 Å². The Morgan fingerprint density at radius 2 is 1.80 bits per heavy atom. The first-order chi connectivity index (χ1) is 19.6. The molecule has 0 spiro atoms. The molecule has 2 aromatic carbocycles. The van der Waals surface area contributed by atoms with E-state index in [1.54, 1.807) is 0 Å². The highest BCUT2D eigenvalue weighted by Crippen LogP contribution is 2.27. The number of benzene rings is 2. The Labute approximate surface area is 243 Å². The molecule has 41 heavy (non-hydrogen) atoms. The van der Waals surface area contributed by atoms with Gasteiger partial charge in [-0.15, -0.1) is 0 Å². The Morgan fingerprint density at radius 1 is 1.00 bits per heavy atom. The summed E-state index contributed by atoms with van der Waals surface area (Å²) in [4.78, 5) is 14.1. The molecule has 5 rings (SSSR count). The van der Waals surface area contributed by atoms with Crippen molar-refractivity contribution in [3.8, 4) is 0 Å². The summed E-state index contributed by atoms with van der Waals surface area (Å²) in [5.41, 5.74) is 10.9. The lowest BCUT2D eigenvalue weighted by Crippen LogP contribution is -2.44. The fourth-order valence-electron chi connectivity index (χ4n) is 5.05. The lowest BCUT2D eigenvalue weighted by molar-refractivity contribution is 0.0899. The third-order valence-corrected chi connectivity index (χ3v) is 9.28. The number of nitrogens with two attached hydrogens (primary N) is 1. The van der Waals surface area contributed by atoms with Crippen LogP contribution in [0.2, 0.25) is 25.7 Å². The second-order valence-corrected chi connectivity index (χ2v) is 17.8. The number of halogens is 1. The van der Waals surface area contributed by atoms with E-state index in [9.17, 15) is 0 Å². The van der Waals surface area contributed by atoms with Crippen molar-refractivity contribution in [1.29, 1.82) is 0 Å². The van der Waals surface area contributed by atoms with Gasteiger partial charge < -0.3 is 30.2 Å². The zero-order chi connectivity index (χ0) is 29.0. The number of aryl methyl sites for hydroxylation is 2. The molecule has 2 aromatic heterocycles. The monoisotopic (exact) mass is 575 g/mol. The molecule has 0 radical (unpaired) electrons. The smallest absolute Gasteiger partial charge is 0.229 e. The molecule has 0 bridgehead atoms. The van der Waals surface area contributed by atoms with Crippen LogP contribution in [0.5, 0.6) is 0 Å². The molecule has 10 heteroatoms. The average molecular weight is 576 g/mol. The van der Waals surface area contributed by atoms with Gasteiger partial charge in [0, 0.05) is 63.8 Å². The number of anilines is 4. The van der Waals surface area contributed by atoms with Crippen molar-refractivity contribution in [1.82, 2.24) is 19.4 Å². The number of likely N-dealkylation sites (N-methyl/N-ethyl adjacent to an activating group) is 1. The van der Waals surface area contributed by atoms with E-state index in [0.29, 0.717) is 30.5 Å². The highest BCUT2D eigenvalue weighted by atomic mass is 28.3. The molecule has 0 amide bonds. The molecule has 0 atom stereocenters. The highest BCUT2D eigenvalue weighted by Gasteiger charge is 2.19. The van der Waals surface area contributed by atoms with E-state index in [0.717, 1.165) is 73.2 Å². The fourth-order valence-corrected chi connectivity index (χ4v) is 5.80. The van der Waals surface area contributed by atoms with Gasteiger partial charge in [0.2, 0.25) is 5.95 Å². The Balaban J connectivity index is 1.39. The number of nitrogen functional groups attached to an aromatic ring is 1. The maximum Gasteiger partial charge on any atom is 0.229 e. The van der Waals surface area contributed by atoms with Crippen molar-refractivity contribution in [2.75, 3.05) is 55.8 Å². The van der Waals surface area contributed by atoms with Crippen molar-refractivity contribution < 1.29 is 9.13 Å². The summed E-state index contributed by atoms with van der Waals surface area (Å²) in [5, 5.41) is 4.26. The van der Waals surface area contributed by atoms with Crippen molar-refractivity contribution in [3.63, 3.8) is 0 Å². The Bertz CT molecular complexity index is 1480. The maximum atomic E-state index is 15.2. The van der Waals surface area contributed by atoms with E-state index >= 15 is 4.39 Å². The fraction of sp³-hybridized carbons (Fsp3) is 0.419. The van der Waals surface area contributed by atoms with Crippen LogP contribution < -0.4 is 16.0 Å². The summed E-state index contributed by atoms with van der Waals surface area (Å²) in [7, 11) is 0.915. The lowest BCUT2D eigenvalue weighted by Gasteiger charge is -2.34. The molecule has 1 fully saturated rings. The minimum absolute atomic E-state index is 0.248. The van der Waals surface area contributed by atoms with Crippen molar-refractivity contribution in [3.05, 3.63) is 71.8 Å². The third-order valence-electron chi connectivity index (χ3n) is 7.57. The van der Waals surface area contributed by atoms with E-state index in [2.05, 4.69) is 53.9 Å². The summed E-state index contributed by atoms with van der Waals surface area (Å²) in [6.07, 6.45) is 3.52. The normalized spacial score (nSPS) is 14.6.